The van der Waals surface area contributed by atoms with Crippen molar-refractivity contribution in [2.75, 3.05) is 0 Å². The molecule has 0 radical (unpaired) electrons. The average Bonchev–Trinajstić information content (AvgIpc) is 3.22. The van der Waals surface area contributed by atoms with Gasteiger partial charge in [0.15, 0.2) is 0 Å². The molecule has 0 fully saturated rings. The number of phenolic OH excluding ortho intramolecular Hbond substituents is 2. The molecule has 0 saturated heterocycles. The molecular formula is C27H18O4. The van der Waals surface area contributed by atoms with Gasteiger partial charge in [-0.3, -0.25) is 0 Å². The number of fused-ring (bicyclic) bond motifs is 8. The van der Waals surface area contributed by atoms with Crippen LogP contribution in [-0.2, 0) is 5.41 Å². The Morgan fingerprint density at radius 1 is 0.774 bits per heavy atom. The zero-order valence-electron chi connectivity index (χ0n) is 16.7. The first kappa shape index (κ1) is 16.8. The first-order valence-corrected chi connectivity index (χ1v) is 10.3. The van der Waals surface area contributed by atoms with E-state index in [1.807, 2.05) is 24.3 Å². The summed E-state index contributed by atoms with van der Waals surface area (Å²) in [5.41, 5.74) is 2.40. The van der Waals surface area contributed by atoms with Crippen molar-refractivity contribution < 1.29 is 19.4 Å². The van der Waals surface area contributed by atoms with E-state index in [9.17, 15) is 10.2 Å². The second-order valence-electron chi connectivity index (χ2n) is 8.77. The minimum Gasteiger partial charge on any atom is -0.508 e. The van der Waals surface area contributed by atoms with Crippen LogP contribution < -0.4 is 15.2 Å². The van der Waals surface area contributed by atoms with Gasteiger partial charge in [-0.25, -0.2) is 0 Å². The number of rotatable bonds is 0. The van der Waals surface area contributed by atoms with E-state index >= 15 is 0 Å². The van der Waals surface area contributed by atoms with Gasteiger partial charge in [-0.15, -0.1) is 0 Å². The van der Waals surface area contributed by atoms with Gasteiger partial charge in [0.1, 0.15) is 34.5 Å². The van der Waals surface area contributed by atoms with Gasteiger partial charge in [0.2, 0.25) is 0 Å². The minimum atomic E-state index is -0.306. The summed E-state index contributed by atoms with van der Waals surface area (Å²) in [6.45, 7) is 2.20. The third kappa shape index (κ3) is 2.19. The predicted molar refractivity (Wildman–Crippen MR) is 121 cm³/mol. The van der Waals surface area contributed by atoms with Gasteiger partial charge in [-0.05, 0) is 76.7 Å². The fraction of sp³-hybridized carbons (Fsp3) is 0.111. The van der Waals surface area contributed by atoms with Gasteiger partial charge in [0, 0.05) is 22.4 Å². The van der Waals surface area contributed by atoms with E-state index in [2.05, 4.69) is 31.2 Å². The van der Waals surface area contributed by atoms with E-state index in [1.54, 1.807) is 24.3 Å². The van der Waals surface area contributed by atoms with Gasteiger partial charge < -0.3 is 19.4 Å². The average molecular weight is 406 g/mol. The molecule has 2 heterocycles. The van der Waals surface area contributed by atoms with Crippen molar-refractivity contribution in [1.29, 1.82) is 0 Å². The molecule has 0 spiro atoms. The van der Waals surface area contributed by atoms with Gasteiger partial charge in [0.05, 0.1) is 5.41 Å². The second kappa shape index (κ2) is 5.41. The van der Waals surface area contributed by atoms with Gasteiger partial charge in [-0.2, -0.15) is 0 Å². The molecule has 2 aliphatic rings. The zero-order valence-corrected chi connectivity index (χ0v) is 16.7. The van der Waals surface area contributed by atoms with Gasteiger partial charge in [-0.1, -0.05) is 18.2 Å². The van der Waals surface area contributed by atoms with Crippen LogP contribution in [0.5, 0.6) is 17.2 Å². The van der Waals surface area contributed by atoms with Crippen molar-refractivity contribution in [1.82, 2.24) is 0 Å². The largest absolute Gasteiger partial charge is 0.508 e. The molecule has 1 aromatic heterocycles. The van der Waals surface area contributed by atoms with E-state index in [0.29, 0.717) is 0 Å². The molecule has 4 heteroatoms. The normalized spacial score (nSPS) is 21.3. The smallest absolute Gasteiger partial charge is 0.139 e. The Kier molecular flexibility index (Phi) is 2.94. The molecule has 1 aliphatic heterocycles. The molecule has 0 saturated carbocycles. The summed E-state index contributed by atoms with van der Waals surface area (Å²) < 4.78 is 12.5. The lowest BCUT2D eigenvalue weighted by molar-refractivity contribution is 0.250. The number of aromatic hydroxyl groups is 2. The molecular weight excluding hydrogens is 388 g/mol. The van der Waals surface area contributed by atoms with E-state index in [-0.39, 0.29) is 23.0 Å². The molecule has 31 heavy (non-hydrogen) atoms. The lowest BCUT2D eigenvalue weighted by Crippen LogP contribution is -2.42. The highest BCUT2D eigenvalue weighted by atomic mass is 16.5. The highest BCUT2D eigenvalue weighted by Gasteiger charge is 2.44. The maximum atomic E-state index is 9.86. The SMILES string of the molecule is CC12C=c3ccc(O)cc3=CC1Oc1cc3oc4cc5cc(O)ccc5cc4c3cc12. The van der Waals surface area contributed by atoms with Crippen LogP contribution in [0.15, 0.2) is 65.1 Å². The molecule has 1 aliphatic carbocycles. The molecule has 0 bridgehead atoms. The first-order valence-electron chi connectivity index (χ1n) is 10.3. The van der Waals surface area contributed by atoms with Crippen LogP contribution >= 0.6 is 0 Å². The summed E-state index contributed by atoms with van der Waals surface area (Å²) in [6, 6.07) is 19.1. The van der Waals surface area contributed by atoms with Gasteiger partial charge in [0.25, 0.3) is 0 Å². The monoisotopic (exact) mass is 406 g/mol. The fourth-order valence-corrected chi connectivity index (χ4v) is 5.16. The van der Waals surface area contributed by atoms with Crippen LogP contribution in [-0.4, -0.2) is 16.3 Å². The van der Waals surface area contributed by atoms with Gasteiger partial charge >= 0.3 is 0 Å². The summed E-state index contributed by atoms with van der Waals surface area (Å²) in [5, 5.41) is 25.8. The number of ether oxygens (including phenoxy) is 1. The van der Waals surface area contributed by atoms with Crippen molar-refractivity contribution in [3.8, 4) is 17.2 Å². The lowest BCUT2D eigenvalue weighted by Gasteiger charge is -2.27. The van der Waals surface area contributed by atoms with Crippen LogP contribution in [0.25, 0.3) is 44.9 Å². The minimum absolute atomic E-state index is 0.140. The Hall–Kier alpha value is -3.92. The molecule has 2 unspecified atom stereocenters. The number of hydrogen-bond donors (Lipinski definition) is 2. The Bertz CT molecular complexity index is 1710. The van der Waals surface area contributed by atoms with Crippen molar-refractivity contribution in [2.45, 2.75) is 18.4 Å². The molecule has 4 aromatic carbocycles. The Labute approximate surface area is 176 Å². The van der Waals surface area contributed by atoms with Crippen LogP contribution in [0.3, 0.4) is 0 Å². The van der Waals surface area contributed by atoms with E-state index < -0.39 is 0 Å². The molecule has 150 valence electrons. The molecule has 7 rings (SSSR count). The number of hydrogen-bond acceptors (Lipinski definition) is 4. The van der Waals surface area contributed by atoms with Crippen molar-refractivity contribution in [2.24, 2.45) is 0 Å². The summed E-state index contributed by atoms with van der Waals surface area (Å²) in [5.74, 6) is 1.32. The molecule has 0 amide bonds. The summed E-state index contributed by atoms with van der Waals surface area (Å²) in [6.07, 6.45) is 4.19. The molecule has 2 N–H and O–H groups in total. The number of furan rings is 1. The summed E-state index contributed by atoms with van der Waals surface area (Å²) >= 11 is 0. The quantitative estimate of drug-likeness (QED) is 0.399. The predicted octanol–water partition coefficient (Wildman–Crippen LogP) is 4.44. The first-order chi connectivity index (χ1) is 15.0. The third-order valence-corrected chi connectivity index (χ3v) is 6.80. The van der Waals surface area contributed by atoms with E-state index in [4.69, 9.17) is 9.15 Å². The highest BCUT2D eigenvalue weighted by molar-refractivity contribution is 6.11. The third-order valence-electron chi connectivity index (χ3n) is 6.80. The molecule has 5 aromatic rings. The maximum Gasteiger partial charge on any atom is 0.139 e. The van der Waals surface area contributed by atoms with Crippen LogP contribution in [0.1, 0.15) is 12.5 Å². The lowest BCUT2D eigenvalue weighted by atomic mass is 9.75. The number of phenols is 2. The Morgan fingerprint density at radius 3 is 2.45 bits per heavy atom. The van der Waals surface area contributed by atoms with Crippen LogP contribution in [0.4, 0.5) is 0 Å². The maximum absolute atomic E-state index is 9.86. The molecule has 4 nitrogen and oxygen atoms in total. The molecule has 2 atom stereocenters. The zero-order chi connectivity index (χ0) is 20.9. The summed E-state index contributed by atoms with van der Waals surface area (Å²) in [7, 11) is 0. The van der Waals surface area contributed by atoms with Crippen molar-refractivity contribution >= 4 is 44.9 Å². The topological polar surface area (TPSA) is 62.8 Å². The Morgan fingerprint density at radius 2 is 1.55 bits per heavy atom. The fourth-order valence-electron chi connectivity index (χ4n) is 5.16. The standard InChI is InChI=1S/C27H18O4/c1-27-13-15-3-5-19(29)7-17(15)10-26(27)31-25-12-24-21(11-22(25)27)20-8-14-2-4-18(28)6-16(14)9-23(20)30-24/h2-13,26,28-29H,1H3. The Balaban J connectivity index is 1.50. The number of benzene rings is 4. The van der Waals surface area contributed by atoms with Crippen LogP contribution in [0, 0.1) is 0 Å². The summed E-state index contributed by atoms with van der Waals surface area (Å²) in [4.78, 5) is 0. The van der Waals surface area contributed by atoms with E-state index in [1.165, 1.54) is 0 Å². The highest BCUT2D eigenvalue weighted by Crippen LogP contribution is 2.48. The van der Waals surface area contributed by atoms with E-state index in [0.717, 1.165) is 54.5 Å². The van der Waals surface area contributed by atoms with Crippen molar-refractivity contribution in [3.05, 3.63) is 76.7 Å². The second-order valence-corrected chi connectivity index (χ2v) is 8.77. The van der Waals surface area contributed by atoms with Crippen LogP contribution in [0.2, 0.25) is 0 Å². The van der Waals surface area contributed by atoms with Crippen molar-refractivity contribution in [3.63, 3.8) is 0 Å².